The Kier molecular flexibility index (Phi) is 3.58. The van der Waals surface area contributed by atoms with Crippen LogP contribution in [0.5, 0.6) is 0 Å². The second kappa shape index (κ2) is 5.37. The average Bonchev–Trinajstić information content (AvgIpc) is 2.89. The molecule has 1 unspecified atom stereocenters. The number of fused-ring (bicyclic) bond motifs is 1. The molecule has 0 saturated heterocycles. The molecular weight excluding hydrogens is 251 g/mol. The summed E-state index contributed by atoms with van der Waals surface area (Å²) >= 11 is 0. The fourth-order valence-electron chi connectivity index (χ4n) is 3.01. The third-order valence-electron chi connectivity index (χ3n) is 4.23. The normalized spacial score (nSPS) is 15.2. The highest BCUT2D eigenvalue weighted by atomic mass is 19.1. The molecule has 20 heavy (non-hydrogen) atoms. The van der Waals surface area contributed by atoms with E-state index in [9.17, 15) is 9.50 Å². The van der Waals surface area contributed by atoms with Crippen molar-refractivity contribution in [2.24, 2.45) is 0 Å². The van der Waals surface area contributed by atoms with Gasteiger partial charge in [-0.25, -0.2) is 4.39 Å². The molecule has 1 aliphatic rings. The predicted molar refractivity (Wildman–Crippen MR) is 78.3 cm³/mol. The Labute approximate surface area is 119 Å². The van der Waals surface area contributed by atoms with E-state index in [0.29, 0.717) is 6.42 Å². The summed E-state index contributed by atoms with van der Waals surface area (Å²) in [5.74, 6) is -0.224. The van der Waals surface area contributed by atoms with Crippen LogP contribution in [-0.4, -0.2) is 5.11 Å². The first-order valence-corrected chi connectivity index (χ1v) is 7.18. The summed E-state index contributed by atoms with van der Waals surface area (Å²) in [6, 6.07) is 11.0. The van der Waals surface area contributed by atoms with Crippen LogP contribution in [0.3, 0.4) is 0 Å². The molecule has 2 aromatic carbocycles. The zero-order valence-corrected chi connectivity index (χ0v) is 11.7. The van der Waals surface area contributed by atoms with Crippen molar-refractivity contribution in [2.75, 3.05) is 0 Å². The lowest BCUT2D eigenvalue weighted by Crippen LogP contribution is -2.04. The van der Waals surface area contributed by atoms with Gasteiger partial charge in [-0.15, -0.1) is 0 Å². The number of rotatable bonds is 3. The lowest BCUT2D eigenvalue weighted by molar-refractivity contribution is 0.178. The van der Waals surface area contributed by atoms with Gasteiger partial charge in [-0.3, -0.25) is 0 Å². The van der Waals surface area contributed by atoms with Crippen LogP contribution in [0.15, 0.2) is 36.4 Å². The quantitative estimate of drug-likeness (QED) is 0.897. The highest BCUT2D eigenvalue weighted by Gasteiger charge is 2.15. The number of aliphatic hydroxyl groups is 1. The molecule has 2 aromatic rings. The first-order chi connectivity index (χ1) is 9.63. The van der Waals surface area contributed by atoms with Gasteiger partial charge in [0.2, 0.25) is 0 Å². The highest BCUT2D eigenvalue weighted by Crippen LogP contribution is 2.27. The molecule has 0 spiro atoms. The Balaban J connectivity index is 1.80. The van der Waals surface area contributed by atoms with Gasteiger partial charge in [0, 0.05) is 6.42 Å². The molecule has 0 radical (unpaired) electrons. The number of hydrogen-bond donors (Lipinski definition) is 1. The fraction of sp³-hybridized carbons (Fsp3) is 0.333. The second-order valence-corrected chi connectivity index (χ2v) is 5.67. The number of aryl methyl sites for hydroxylation is 3. The lowest BCUT2D eigenvalue weighted by atomic mass is 9.96. The van der Waals surface area contributed by atoms with Crippen molar-refractivity contribution in [3.05, 3.63) is 70.0 Å². The van der Waals surface area contributed by atoms with Gasteiger partial charge in [-0.05, 0) is 66.1 Å². The van der Waals surface area contributed by atoms with Crippen LogP contribution in [0.4, 0.5) is 4.39 Å². The van der Waals surface area contributed by atoms with Gasteiger partial charge in [-0.1, -0.05) is 24.3 Å². The Morgan fingerprint density at radius 3 is 2.70 bits per heavy atom. The minimum absolute atomic E-state index is 0.224. The van der Waals surface area contributed by atoms with E-state index in [1.807, 2.05) is 13.0 Å². The maximum absolute atomic E-state index is 13.1. The van der Waals surface area contributed by atoms with E-state index >= 15 is 0 Å². The predicted octanol–water partition coefficient (Wildman–Crippen LogP) is 3.90. The van der Waals surface area contributed by atoms with Crippen molar-refractivity contribution in [1.29, 1.82) is 0 Å². The van der Waals surface area contributed by atoms with E-state index < -0.39 is 6.10 Å². The first-order valence-electron chi connectivity index (χ1n) is 7.18. The molecule has 0 aliphatic heterocycles. The molecule has 3 rings (SSSR count). The Morgan fingerprint density at radius 1 is 1.10 bits per heavy atom. The number of hydrogen-bond acceptors (Lipinski definition) is 1. The van der Waals surface area contributed by atoms with E-state index in [4.69, 9.17) is 0 Å². The summed E-state index contributed by atoms with van der Waals surface area (Å²) in [5, 5.41) is 10.4. The van der Waals surface area contributed by atoms with Crippen LogP contribution in [0.1, 0.15) is 40.3 Å². The zero-order valence-electron chi connectivity index (χ0n) is 11.7. The molecule has 1 aliphatic carbocycles. The summed E-state index contributed by atoms with van der Waals surface area (Å²) in [4.78, 5) is 0. The van der Waals surface area contributed by atoms with Crippen molar-refractivity contribution < 1.29 is 9.50 Å². The maximum atomic E-state index is 13.1. The third-order valence-corrected chi connectivity index (χ3v) is 4.23. The summed E-state index contributed by atoms with van der Waals surface area (Å²) in [6.45, 7) is 1.88. The number of halogens is 1. The third kappa shape index (κ3) is 2.61. The molecule has 104 valence electrons. The smallest absolute Gasteiger partial charge is 0.123 e. The van der Waals surface area contributed by atoms with Crippen LogP contribution in [0.2, 0.25) is 0 Å². The van der Waals surface area contributed by atoms with E-state index in [1.165, 1.54) is 29.7 Å². The monoisotopic (exact) mass is 270 g/mol. The first kappa shape index (κ1) is 13.3. The molecule has 1 N–H and O–H groups in total. The van der Waals surface area contributed by atoms with Crippen LogP contribution in [0, 0.1) is 12.7 Å². The highest BCUT2D eigenvalue weighted by molar-refractivity contribution is 5.37. The average molecular weight is 270 g/mol. The summed E-state index contributed by atoms with van der Waals surface area (Å²) in [5.41, 5.74) is 5.65. The van der Waals surface area contributed by atoms with E-state index in [2.05, 4.69) is 12.1 Å². The molecule has 0 amide bonds. The number of aliphatic hydroxyl groups excluding tert-OH is 1. The molecule has 0 saturated carbocycles. The molecule has 0 bridgehead atoms. The van der Waals surface area contributed by atoms with Crippen LogP contribution < -0.4 is 0 Å². The van der Waals surface area contributed by atoms with Gasteiger partial charge in [0.1, 0.15) is 5.82 Å². The molecule has 1 atom stereocenters. The van der Waals surface area contributed by atoms with Gasteiger partial charge < -0.3 is 5.11 Å². The summed E-state index contributed by atoms with van der Waals surface area (Å²) < 4.78 is 13.1. The number of benzene rings is 2. The molecule has 2 heteroatoms. The minimum Gasteiger partial charge on any atom is -0.388 e. The van der Waals surface area contributed by atoms with Gasteiger partial charge in [0.25, 0.3) is 0 Å². The van der Waals surface area contributed by atoms with Crippen molar-refractivity contribution >= 4 is 0 Å². The zero-order chi connectivity index (χ0) is 14.1. The van der Waals surface area contributed by atoms with Crippen LogP contribution in [-0.2, 0) is 19.3 Å². The Bertz CT molecular complexity index is 633. The molecule has 0 aromatic heterocycles. The molecular formula is C18H19FO. The van der Waals surface area contributed by atoms with E-state index in [-0.39, 0.29) is 5.82 Å². The standard InChI is InChI=1S/C18H19FO/c1-12-9-17(19)8-7-14(12)11-18(20)16-6-5-13-3-2-4-15(13)10-16/h5-10,18,20H,2-4,11H2,1H3. The second-order valence-electron chi connectivity index (χ2n) is 5.67. The van der Waals surface area contributed by atoms with Gasteiger partial charge in [-0.2, -0.15) is 0 Å². The van der Waals surface area contributed by atoms with Crippen LogP contribution >= 0.6 is 0 Å². The fourth-order valence-corrected chi connectivity index (χ4v) is 3.01. The van der Waals surface area contributed by atoms with Gasteiger partial charge in [0.15, 0.2) is 0 Å². The SMILES string of the molecule is Cc1cc(F)ccc1CC(O)c1ccc2c(c1)CCC2. The van der Waals surface area contributed by atoms with Gasteiger partial charge >= 0.3 is 0 Å². The van der Waals surface area contributed by atoms with Crippen molar-refractivity contribution in [2.45, 2.75) is 38.7 Å². The maximum Gasteiger partial charge on any atom is 0.123 e. The van der Waals surface area contributed by atoms with Crippen LogP contribution in [0.25, 0.3) is 0 Å². The molecule has 0 heterocycles. The summed E-state index contributed by atoms with van der Waals surface area (Å²) in [6.07, 6.45) is 3.50. The van der Waals surface area contributed by atoms with Gasteiger partial charge in [0.05, 0.1) is 6.10 Å². The van der Waals surface area contributed by atoms with Crippen molar-refractivity contribution in [3.8, 4) is 0 Å². The lowest BCUT2D eigenvalue weighted by Gasteiger charge is -2.14. The Morgan fingerprint density at radius 2 is 1.90 bits per heavy atom. The van der Waals surface area contributed by atoms with Crippen molar-refractivity contribution in [3.63, 3.8) is 0 Å². The largest absolute Gasteiger partial charge is 0.388 e. The van der Waals surface area contributed by atoms with Crippen molar-refractivity contribution in [1.82, 2.24) is 0 Å². The minimum atomic E-state index is -0.523. The molecule has 1 nitrogen and oxygen atoms in total. The van der Waals surface area contributed by atoms with E-state index in [0.717, 1.165) is 29.5 Å². The van der Waals surface area contributed by atoms with E-state index in [1.54, 1.807) is 6.07 Å². The summed E-state index contributed by atoms with van der Waals surface area (Å²) in [7, 11) is 0. The Hall–Kier alpha value is -1.67. The molecule has 0 fully saturated rings. The topological polar surface area (TPSA) is 20.2 Å².